The molecular formula is C11H21N. The fraction of sp³-hybridized carbons (Fsp3) is 0.818. The number of piperidine rings is 1. The lowest BCUT2D eigenvalue weighted by Crippen LogP contribution is -2.30. The van der Waals surface area contributed by atoms with Gasteiger partial charge in [0, 0.05) is 6.54 Å². The summed E-state index contributed by atoms with van der Waals surface area (Å²) < 4.78 is 0. The number of nitrogens with one attached hydrogen (secondary N) is 1. The largest absolute Gasteiger partial charge is 0.316 e. The van der Waals surface area contributed by atoms with Gasteiger partial charge in [0.1, 0.15) is 0 Å². The zero-order chi connectivity index (χ0) is 8.97. The highest BCUT2D eigenvalue weighted by molar-refractivity contribution is 5.03. The molecule has 0 aromatic heterocycles. The third-order valence-corrected chi connectivity index (χ3v) is 2.54. The van der Waals surface area contributed by atoms with E-state index in [-0.39, 0.29) is 0 Å². The van der Waals surface area contributed by atoms with Crippen LogP contribution in [0, 0.1) is 11.8 Å². The zero-order valence-corrected chi connectivity index (χ0v) is 8.40. The third kappa shape index (κ3) is 2.98. The van der Waals surface area contributed by atoms with Crippen LogP contribution in [-0.2, 0) is 0 Å². The third-order valence-electron chi connectivity index (χ3n) is 2.54. The van der Waals surface area contributed by atoms with Crippen molar-refractivity contribution in [1.82, 2.24) is 5.32 Å². The SMILES string of the molecule is C=C(CC(C)C)C1CCCNC1. The second-order valence-corrected chi connectivity index (χ2v) is 4.30. The topological polar surface area (TPSA) is 12.0 Å². The van der Waals surface area contributed by atoms with Crippen LogP contribution in [0.3, 0.4) is 0 Å². The Hall–Kier alpha value is -0.300. The minimum absolute atomic E-state index is 0.751. The van der Waals surface area contributed by atoms with Crippen LogP contribution in [0.1, 0.15) is 33.1 Å². The Morgan fingerprint density at radius 3 is 2.83 bits per heavy atom. The molecule has 0 bridgehead atoms. The Balaban J connectivity index is 2.30. The summed E-state index contributed by atoms with van der Waals surface area (Å²) in [5.74, 6) is 1.51. The van der Waals surface area contributed by atoms with E-state index in [1.165, 1.54) is 31.4 Å². The van der Waals surface area contributed by atoms with Crippen molar-refractivity contribution in [3.8, 4) is 0 Å². The molecule has 0 radical (unpaired) electrons. The Kier molecular flexibility index (Phi) is 3.80. The monoisotopic (exact) mass is 167 g/mol. The molecule has 1 heterocycles. The van der Waals surface area contributed by atoms with Gasteiger partial charge in [-0.25, -0.2) is 0 Å². The lowest BCUT2D eigenvalue weighted by molar-refractivity contribution is 0.405. The van der Waals surface area contributed by atoms with E-state index in [2.05, 4.69) is 25.7 Å². The summed E-state index contributed by atoms with van der Waals surface area (Å²) in [6, 6.07) is 0. The van der Waals surface area contributed by atoms with Gasteiger partial charge in [-0.15, -0.1) is 0 Å². The van der Waals surface area contributed by atoms with Crippen molar-refractivity contribution in [2.75, 3.05) is 13.1 Å². The van der Waals surface area contributed by atoms with Crippen molar-refractivity contribution in [1.29, 1.82) is 0 Å². The van der Waals surface area contributed by atoms with E-state index in [1.807, 2.05) is 0 Å². The highest BCUT2D eigenvalue weighted by Gasteiger charge is 2.16. The fourth-order valence-electron chi connectivity index (χ4n) is 1.89. The number of hydrogen-bond acceptors (Lipinski definition) is 1. The molecule has 1 nitrogen and oxygen atoms in total. The molecule has 70 valence electrons. The van der Waals surface area contributed by atoms with E-state index in [1.54, 1.807) is 0 Å². The Morgan fingerprint density at radius 1 is 1.58 bits per heavy atom. The normalized spacial score (nSPS) is 24.4. The molecule has 1 N–H and O–H groups in total. The van der Waals surface area contributed by atoms with E-state index in [4.69, 9.17) is 0 Å². The van der Waals surface area contributed by atoms with Gasteiger partial charge < -0.3 is 5.32 Å². The minimum Gasteiger partial charge on any atom is -0.316 e. The first kappa shape index (κ1) is 9.79. The molecule has 0 spiro atoms. The second kappa shape index (κ2) is 4.66. The van der Waals surface area contributed by atoms with E-state index in [9.17, 15) is 0 Å². The van der Waals surface area contributed by atoms with Crippen LogP contribution in [0.15, 0.2) is 12.2 Å². The predicted octanol–water partition coefficient (Wildman–Crippen LogP) is 2.59. The summed E-state index contributed by atoms with van der Waals surface area (Å²) in [7, 11) is 0. The molecule has 1 fully saturated rings. The van der Waals surface area contributed by atoms with Gasteiger partial charge in [-0.05, 0) is 37.6 Å². The van der Waals surface area contributed by atoms with Crippen LogP contribution < -0.4 is 5.32 Å². The summed E-state index contributed by atoms with van der Waals surface area (Å²) >= 11 is 0. The van der Waals surface area contributed by atoms with Crippen LogP contribution in [0.2, 0.25) is 0 Å². The molecule has 1 rings (SSSR count). The maximum Gasteiger partial charge on any atom is 0.00168 e. The molecular weight excluding hydrogens is 146 g/mol. The molecule has 1 aliphatic heterocycles. The summed E-state index contributed by atoms with van der Waals surface area (Å²) in [5.41, 5.74) is 1.46. The molecule has 0 amide bonds. The molecule has 12 heavy (non-hydrogen) atoms. The molecule has 0 saturated carbocycles. The number of hydrogen-bond donors (Lipinski definition) is 1. The van der Waals surface area contributed by atoms with Gasteiger partial charge >= 0.3 is 0 Å². The maximum atomic E-state index is 4.18. The first-order valence-electron chi connectivity index (χ1n) is 5.08. The van der Waals surface area contributed by atoms with Crippen molar-refractivity contribution in [2.45, 2.75) is 33.1 Å². The number of rotatable bonds is 3. The van der Waals surface area contributed by atoms with Gasteiger partial charge in [-0.2, -0.15) is 0 Å². The standard InChI is InChI=1S/C11H21N/c1-9(2)7-10(3)11-5-4-6-12-8-11/h9,11-12H,3-8H2,1-2H3. The molecule has 1 aliphatic rings. The predicted molar refractivity (Wildman–Crippen MR) is 54.2 cm³/mol. The molecule has 1 heteroatoms. The van der Waals surface area contributed by atoms with Crippen LogP contribution in [-0.4, -0.2) is 13.1 Å². The van der Waals surface area contributed by atoms with Gasteiger partial charge in [0.2, 0.25) is 0 Å². The van der Waals surface area contributed by atoms with Gasteiger partial charge in [0.25, 0.3) is 0 Å². The van der Waals surface area contributed by atoms with E-state index in [0.717, 1.165) is 18.4 Å². The van der Waals surface area contributed by atoms with Crippen molar-refractivity contribution in [2.24, 2.45) is 11.8 Å². The first-order valence-corrected chi connectivity index (χ1v) is 5.08. The lowest BCUT2D eigenvalue weighted by Gasteiger charge is -2.25. The molecule has 0 aromatic rings. The van der Waals surface area contributed by atoms with Gasteiger partial charge in [0.05, 0.1) is 0 Å². The Bertz CT molecular complexity index is 143. The van der Waals surface area contributed by atoms with E-state index >= 15 is 0 Å². The van der Waals surface area contributed by atoms with Gasteiger partial charge in [0.15, 0.2) is 0 Å². The van der Waals surface area contributed by atoms with Crippen LogP contribution in [0.4, 0.5) is 0 Å². The van der Waals surface area contributed by atoms with Crippen molar-refractivity contribution < 1.29 is 0 Å². The minimum atomic E-state index is 0.751. The highest BCUT2D eigenvalue weighted by atomic mass is 14.9. The fourth-order valence-corrected chi connectivity index (χ4v) is 1.89. The Morgan fingerprint density at radius 2 is 2.33 bits per heavy atom. The summed E-state index contributed by atoms with van der Waals surface area (Å²) in [6.07, 6.45) is 3.87. The quantitative estimate of drug-likeness (QED) is 0.637. The van der Waals surface area contributed by atoms with E-state index in [0.29, 0.717) is 0 Å². The Labute approximate surface area is 76.2 Å². The zero-order valence-electron chi connectivity index (χ0n) is 8.40. The first-order chi connectivity index (χ1) is 5.70. The summed E-state index contributed by atoms with van der Waals surface area (Å²) in [4.78, 5) is 0. The van der Waals surface area contributed by atoms with Crippen LogP contribution in [0.25, 0.3) is 0 Å². The average molecular weight is 167 g/mol. The molecule has 1 atom stereocenters. The second-order valence-electron chi connectivity index (χ2n) is 4.30. The molecule has 1 saturated heterocycles. The van der Waals surface area contributed by atoms with Crippen LogP contribution in [0.5, 0.6) is 0 Å². The highest BCUT2D eigenvalue weighted by Crippen LogP contribution is 2.23. The van der Waals surface area contributed by atoms with Crippen LogP contribution >= 0.6 is 0 Å². The average Bonchev–Trinajstić information content (AvgIpc) is 2.05. The van der Waals surface area contributed by atoms with Gasteiger partial charge in [-0.3, -0.25) is 0 Å². The smallest absolute Gasteiger partial charge is 0.00168 e. The lowest BCUT2D eigenvalue weighted by atomic mass is 9.87. The van der Waals surface area contributed by atoms with Crippen molar-refractivity contribution >= 4 is 0 Å². The molecule has 0 aliphatic carbocycles. The summed E-state index contributed by atoms with van der Waals surface area (Å²) in [5, 5.41) is 3.43. The molecule has 0 aromatic carbocycles. The van der Waals surface area contributed by atoms with Crippen molar-refractivity contribution in [3.05, 3.63) is 12.2 Å². The maximum absolute atomic E-state index is 4.18. The van der Waals surface area contributed by atoms with Gasteiger partial charge in [-0.1, -0.05) is 26.0 Å². The summed E-state index contributed by atoms with van der Waals surface area (Å²) in [6.45, 7) is 11.1. The molecule has 1 unspecified atom stereocenters. The van der Waals surface area contributed by atoms with E-state index < -0.39 is 0 Å². The van der Waals surface area contributed by atoms with Crippen molar-refractivity contribution in [3.63, 3.8) is 0 Å².